The minimum Gasteiger partial charge on any atom is -0.325 e. The lowest BCUT2D eigenvalue weighted by Gasteiger charge is -2.34. The molecule has 1 saturated heterocycles. The Labute approximate surface area is 212 Å². The molecule has 3 aliphatic rings. The van der Waals surface area contributed by atoms with Gasteiger partial charge < -0.3 is 10.6 Å². The summed E-state index contributed by atoms with van der Waals surface area (Å²) in [5.41, 5.74) is 2.33. The Morgan fingerprint density at radius 2 is 1.97 bits per heavy atom. The molecule has 2 amide bonds. The third-order valence-electron chi connectivity index (χ3n) is 7.81. The number of rotatable bonds is 7. The van der Waals surface area contributed by atoms with E-state index in [4.69, 9.17) is 16.6 Å². The highest BCUT2D eigenvalue weighted by molar-refractivity contribution is 7.97. The van der Waals surface area contributed by atoms with Crippen LogP contribution in [0, 0.1) is 18.8 Å². The van der Waals surface area contributed by atoms with E-state index in [0.717, 1.165) is 68.3 Å². The van der Waals surface area contributed by atoms with E-state index < -0.39 is 5.54 Å². The smallest absolute Gasteiger partial charge is 0.253 e. The van der Waals surface area contributed by atoms with Crippen LogP contribution in [-0.2, 0) is 16.0 Å². The molecule has 2 N–H and O–H groups in total. The maximum absolute atomic E-state index is 12.9. The molecule has 0 bridgehead atoms. The Hall–Kier alpha value is -1.57. The predicted molar refractivity (Wildman–Crippen MR) is 142 cm³/mol. The van der Waals surface area contributed by atoms with Gasteiger partial charge in [0.25, 0.3) is 5.91 Å². The fraction of sp³-hybridized carbons (Fsp3) is 0.654. The molecule has 34 heavy (non-hydrogen) atoms. The molecule has 1 aromatic carbocycles. The Bertz CT molecular complexity index is 950. The molecule has 2 fully saturated rings. The van der Waals surface area contributed by atoms with Crippen LogP contribution >= 0.6 is 23.5 Å². The highest BCUT2D eigenvalue weighted by atomic mass is 35.5. The van der Waals surface area contributed by atoms with Gasteiger partial charge in [0, 0.05) is 31.7 Å². The zero-order chi connectivity index (χ0) is 24.3. The molecule has 1 aliphatic carbocycles. The van der Waals surface area contributed by atoms with E-state index in [-0.39, 0.29) is 11.8 Å². The number of nitrogens with zero attached hydrogens (tertiary/aromatic N) is 2. The first kappa shape index (κ1) is 25.5. The van der Waals surface area contributed by atoms with Crippen LogP contribution < -0.4 is 10.6 Å². The van der Waals surface area contributed by atoms with E-state index in [9.17, 15) is 9.59 Å². The fourth-order valence-electron chi connectivity index (χ4n) is 5.47. The standard InChI is InChI=1S/C26H37ClN4O2S/c1-4-19-5-7-21(8-6-19)24-29-25(33)26(30-24)12-14-31(15-13-26)34-16-11-20-9-10-22(28-18(3)32)23(27)17(20)2/h9-10,19,21H,4-8,11-16H2,1-3H3,(H,28,32)(H,29,30,33). The van der Waals surface area contributed by atoms with Crippen molar-refractivity contribution in [2.24, 2.45) is 16.8 Å². The predicted octanol–water partition coefficient (Wildman–Crippen LogP) is 5.38. The molecule has 6 nitrogen and oxygen atoms in total. The second kappa shape index (κ2) is 11.0. The number of amides is 2. The first-order chi connectivity index (χ1) is 16.3. The number of nitrogens with one attached hydrogen (secondary N) is 2. The molecule has 0 atom stereocenters. The third kappa shape index (κ3) is 5.63. The van der Waals surface area contributed by atoms with E-state index in [2.05, 4.69) is 21.9 Å². The summed E-state index contributed by atoms with van der Waals surface area (Å²) in [6, 6.07) is 3.93. The van der Waals surface area contributed by atoms with Gasteiger partial charge in [-0.2, -0.15) is 0 Å². The molecule has 1 saturated carbocycles. The molecule has 0 radical (unpaired) electrons. The Balaban J connectivity index is 1.27. The summed E-state index contributed by atoms with van der Waals surface area (Å²) in [5, 5.41) is 6.56. The molecule has 2 heterocycles. The Kier molecular flexibility index (Phi) is 8.26. The molecule has 1 aromatic rings. The average Bonchev–Trinajstić information content (AvgIpc) is 3.15. The summed E-state index contributed by atoms with van der Waals surface area (Å²) in [6.45, 7) is 7.51. The molecule has 0 aromatic heterocycles. The van der Waals surface area contributed by atoms with Gasteiger partial charge in [-0.3, -0.25) is 18.9 Å². The molecule has 4 rings (SSSR count). The Morgan fingerprint density at radius 1 is 1.26 bits per heavy atom. The zero-order valence-corrected chi connectivity index (χ0v) is 22.2. The van der Waals surface area contributed by atoms with E-state index in [1.54, 1.807) is 0 Å². The van der Waals surface area contributed by atoms with Crippen molar-refractivity contribution in [3.8, 4) is 0 Å². The molecule has 1 spiro atoms. The van der Waals surface area contributed by atoms with Gasteiger partial charge in [-0.25, -0.2) is 0 Å². The molecular formula is C26H37ClN4O2S. The topological polar surface area (TPSA) is 73.8 Å². The minimum atomic E-state index is -0.544. The normalized spacial score (nSPS) is 24.7. The number of benzene rings is 1. The number of aryl methyl sites for hydroxylation is 1. The van der Waals surface area contributed by atoms with Gasteiger partial charge in [0.05, 0.1) is 10.7 Å². The number of halogens is 1. The highest BCUT2D eigenvalue weighted by Gasteiger charge is 2.47. The molecule has 186 valence electrons. The maximum Gasteiger partial charge on any atom is 0.253 e. The van der Waals surface area contributed by atoms with Crippen LogP contribution in [-0.4, -0.2) is 46.3 Å². The summed E-state index contributed by atoms with van der Waals surface area (Å²) in [4.78, 5) is 29.3. The van der Waals surface area contributed by atoms with Crippen molar-refractivity contribution >= 4 is 46.9 Å². The third-order valence-corrected chi connectivity index (χ3v) is 9.42. The van der Waals surface area contributed by atoms with Crippen molar-refractivity contribution in [3.05, 3.63) is 28.3 Å². The number of piperidine rings is 1. The van der Waals surface area contributed by atoms with Crippen LogP contribution in [0.5, 0.6) is 0 Å². The summed E-state index contributed by atoms with van der Waals surface area (Å²) < 4.78 is 2.38. The minimum absolute atomic E-state index is 0.120. The van der Waals surface area contributed by atoms with E-state index >= 15 is 0 Å². The first-order valence-electron chi connectivity index (χ1n) is 12.7. The van der Waals surface area contributed by atoms with Crippen molar-refractivity contribution in [1.82, 2.24) is 9.62 Å². The van der Waals surface area contributed by atoms with Crippen LogP contribution in [0.4, 0.5) is 5.69 Å². The monoisotopic (exact) mass is 504 g/mol. The number of amidine groups is 1. The van der Waals surface area contributed by atoms with E-state index in [1.807, 2.05) is 31.0 Å². The molecule has 0 unspecified atom stereocenters. The number of carbonyl (C=O) groups excluding carboxylic acids is 2. The number of hydrogen-bond donors (Lipinski definition) is 2. The quantitative estimate of drug-likeness (QED) is 0.489. The molecular weight excluding hydrogens is 468 g/mol. The van der Waals surface area contributed by atoms with Gasteiger partial charge >= 0.3 is 0 Å². The largest absolute Gasteiger partial charge is 0.325 e. The van der Waals surface area contributed by atoms with Crippen molar-refractivity contribution in [2.45, 2.75) is 77.7 Å². The van der Waals surface area contributed by atoms with Crippen LogP contribution in [0.3, 0.4) is 0 Å². The van der Waals surface area contributed by atoms with Gasteiger partial charge in [0.1, 0.15) is 11.4 Å². The number of aliphatic imine (C=N–C) groups is 1. The van der Waals surface area contributed by atoms with Crippen molar-refractivity contribution in [3.63, 3.8) is 0 Å². The lowest BCUT2D eigenvalue weighted by molar-refractivity contribution is -0.125. The van der Waals surface area contributed by atoms with Crippen LogP contribution in [0.15, 0.2) is 17.1 Å². The summed E-state index contributed by atoms with van der Waals surface area (Å²) in [7, 11) is 0. The van der Waals surface area contributed by atoms with Crippen LogP contribution in [0.25, 0.3) is 0 Å². The van der Waals surface area contributed by atoms with E-state index in [1.165, 1.54) is 31.7 Å². The fourth-order valence-corrected chi connectivity index (χ4v) is 6.71. The van der Waals surface area contributed by atoms with Gasteiger partial charge in [-0.15, -0.1) is 0 Å². The highest BCUT2D eigenvalue weighted by Crippen LogP contribution is 2.37. The van der Waals surface area contributed by atoms with Gasteiger partial charge in [-0.1, -0.05) is 43.0 Å². The lowest BCUT2D eigenvalue weighted by atomic mass is 9.80. The summed E-state index contributed by atoms with van der Waals surface area (Å²) in [6.07, 6.45) is 8.57. The number of hydrogen-bond acceptors (Lipinski definition) is 5. The average molecular weight is 505 g/mol. The van der Waals surface area contributed by atoms with E-state index in [0.29, 0.717) is 16.6 Å². The zero-order valence-electron chi connectivity index (χ0n) is 20.6. The Morgan fingerprint density at radius 3 is 2.62 bits per heavy atom. The van der Waals surface area contributed by atoms with Crippen molar-refractivity contribution < 1.29 is 9.59 Å². The second-order valence-electron chi connectivity index (χ2n) is 10.0. The van der Waals surface area contributed by atoms with Crippen LogP contribution in [0.2, 0.25) is 5.02 Å². The van der Waals surface area contributed by atoms with Crippen molar-refractivity contribution in [2.75, 3.05) is 24.2 Å². The first-order valence-corrected chi connectivity index (χ1v) is 14.0. The van der Waals surface area contributed by atoms with Gasteiger partial charge in [-0.05, 0) is 75.0 Å². The lowest BCUT2D eigenvalue weighted by Crippen LogP contribution is -2.47. The number of anilines is 1. The summed E-state index contributed by atoms with van der Waals surface area (Å²) >= 11 is 8.29. The maximum atomic E-state index is 12.9. The van der Waals surface area contributed by atoms with Gasteiger partial charge in [0.2, 0.25) is 5.91 Å². The van der Waals surface area contributed by atoms with Crippen molar-refractivity contribution in [1.29, 1.82) is 0 Å². The molecule has 2 aliphatic heterocycles. The van der Waals surface area contributed by atoms with Crippen LogP contribution in [0.1, 0.15) is 69.9 Å². The second-order valence-corrected chi connectivity index (χ2v) is 11.6. The van der Waals surface area contributed by atoms with Gasteiger partial charge in [0.15, 0.2) is 0 Å². The number of carbonyl (C=O) groups is 2. The molecule has 8 heteroatoms. The summed E-state index contributed by atoms with van der Waals surface area (Å²) in [5.74, 6) is 3.20. The SMILES string of the molecule is CCC1CCC(C2=NC3(CCN(SCCc4ccc(NC(C)=O)c(Cl)c4C)CC3)C(=O)N2)CC1.